The minimum atomic E-state index is 0.622. The van der Waals surface area contributed by atoms with E-state index in [0.717, 1.165) is 19.1 Å². The molecule has 0 heterocycles. The number of rotatable bonds is 1. The Morgan fingerprint density at radius 3 is 2.27 bits per heavy atom. The first-order chi connectivity index (χ1) is 5.34. The van der Waals surface area contributed by atoms with Crippen molar-refractivity contribution in [2.75, 3.05) is 7.05 Å². The predicted octanol–water partition coefficient (Wildman–Crippen LogP) is 0.323. The molecule has 11 heavy (non-hydrogen) atoms. The highest BCUT2D eigenvalue weighted by Crippen LogP contribution is 2.11. The minimum absolute atomic E-state index is 0.622. The first kappa shape index (κ1) is 9.91. The van der Waals surface area contributed by atoms with Crippen molar-refractivity contribution in [3.8, 4) is 0 Å². The Labute approximate surface area is 66.8 Å². The third kappa shape index (κ3) is 3.00. The van der Waals surface area contributed by atoms with E-state index in [1.54, 1.807) is 0 Å². The second-order valence-corrected chi connectivity index (χ2v) is 2.01. The van der Waals surface area contributed by atoms with E-state index in [2.05, 4.69) is 5.73 Å². The zero-order valence-electron chi connectivity index (χ0n) is 6.71. The summed E-state index contributed by atoms with van der Waals surface area (Å²) < 4.78 is 0. The van der Waals surface area contributed by atoms with Crippen LogP contribution in [0.25, 0.3) is 0 Å². The molecule has 0 atom stereocenters. The normalized spacial score (nSPS) is 15.5. The Balaban J connectivity index is 0.000000461. The molecule has 0 unspecified atom stereocenters. The molecular formula is C8H14N2O. The number of carbonyl (C=O) groups excluding carboxylic acids is 1. The van der Waals surface area contributed by atoms with Gasteiger partial charge in [0.15, 0.2) is 6.29 Å². The summed E-state index contributed by atoms with van der Waals surface area (Å²) in [7, 11) is 1.50. The number of aldehydes is 1. The van der Waals surface area contributed by atoms with Crippen molar-refractivity contribution in [3.63, 3.8) is 0 Å². The third-order valence-electron chi connectivity index (χ3n) is 1.36. The SMILES string of the molecule is CN.NC1=CCCC=C1C=O. The topological polar surface area (TPSA) is 69.1 Å². The van der Waals surface area contributed by atoms with E-state index in [9.17, 15) is 4.79 Å². The molecule has 3 nitrogen and oxygen atoms in total. The summed E-state index contributed by atoms with van der Waals surface area (Å²) in [6, 6.07) is 0. The van der Waals surface area contributed by atoms with Crippen molar-refractivity contribution in [1.29, 1.82) is 0 Å². The molecule has 0 saturated carbocycles. The second-order valence-electron chi connectivity index (χ2n) is 2.01. The van der Waals surface area contributed by atoms with Gasteiger partial charge in [-0.3, -0.25) is 4.79 Å². The standard InChI is InChI=1S/C7H9NO.CH5N/c8-7-4-2-1-3-6(7)5-9;1-2/h3-5H,1-2,8H2;2H2,1H3. The van der Waals surface area contributed by atoms with Crippen LogP contribution in [0, 0.1) is 0 Å². The van der Waals surface area contributed by atoms with Crippen LogP contribution in [-0.2, 0) is 4.79 Å². The number of hydrogen-bond donors (Lipinski definition) is 2. The van der Waals surface area contributed by atoms with E-state index in [1.165, 1.54) is 7.05 Å². The maximum atomic E-state index is 10.2. The molecule has 0 fully saturated rings. The summed E-state index contributed by atoms with van der Waals surface area (Å²) in [6.45, 7) is 0. The Kier molecular flexibility index (Phi) is 5.11. The molecule has 1 aliphatic carbocycles. The lowest BCUT2D eigenvalue weighted by Crippen LogP contribution is -2.04. The van der Waals surface area contributed by atoms with Gasteiger partial charge in [-0.05, 0) is 19.9 Å². The molecule has 1 rings (SSSR count). The number of hydrogen-bond acceptors (Lipinski definition) is 3. The highest BCUT2D eigenvalue weighted by Gasteiger charge is 2.01. The average Bonchev–Trinajstić information content (AvgIpc) is 2.09. The average molecular weight is 154 g/mol. The van der Waals surface area contributed by atoms with Crippen LogP contribution in [0.2, 0.25) is 0 Å². The number of nitrogens with two attached hydrogens (primary N) is 2. The van der Waals surface area contributed by atoms with Gasteiger partial charge >= 0.3 is 0 Å². The van der Waals surface area contributed by atoms with Gasteiger partial charge in [-0.15, -0.1) is 0 Å². The lowest BCUT2D eigenvalue weighted by Gasteiger charge is -2.04. The summed E-state index contributed by atoms with van der Waals surface area (Å²) in [4.78, 5) is 10.2. The Morgan fingerprint density at radius 2 is 1.91 bits per heavy atom. The van der Waals surface area contributed by atoms with Gasteiger partial charge in [0, 0.05) is 11.3 Å². The van der Waals surface area contributed by atoms with E-state index in [0.29, 0.717) is 11.3 Å². The molecule has 1 aliphatic rings. The van der Waals surface area contributed by atoms with Crippen molar-refractivity contribution in [3.05, 3.63) is 23.4 Å². The zero-order chi connectivity index (χ0) is 8.69. The fourth-order valence-corrected chi connectivity index (χ4v) is 0.830. The maximum absolute atomic E-state index is 10.2. The lowest BCUT2D eigenvalue weighted by atomic mass is 10.1. The van der Waals surface area contributed by atoms with Crippen LogP contribution in [0.4, 0.5) is 0 Å². The molecular weight excluding hydrogens is 140 g/mol. The van der Waals surface area contributed by atoms with Crippen LogP contribution < -0.4 is 11.5 Å². The molecule has 0 bridgehead atoms. The van der Waals surface area contributed by atoms with E-state index in [1.807, 2.05) is 12.2 Å². The van der Waals surface area contributed by atoms with Gasteiger partial charge in [0.25, 0.3) is 0 Å². The molecule has 0 aromatic rings. The molecule has 0 aromatic carbocycles. The highest BCUT2D eigenvalue weighted by molar-refractivity contribution is 5.79. The largest absolute Gasteiger partial charge is 0.398 e. The van der Waals surface area contributed by atoms with Crippen LogP contribution in [0.3, 0.4) is 0 Å². The summed E-state index contributed by atoms with van der Waals surface area (Å²) >= 11 is 0. The quantitative estimate of drug-likeness (QED) is 0.534. The molecule has 0 amide bonds. The first-order valence-corrected chi connectivity index (χ1v) is 3.53. The third-order valence-corrected chi connectivity index (χ3v) is 1.36. The summed E-state index contributed by atoms with van der Waals surface area (Å²) in [5, 5.41) is 0. The molecule has 4 N–H and O–H groups in total. The lowest BCUT2D eigenvalue weighted by molar-refractivity contribution is -0.104. The van der Waals surface area contributed by atoms with E-state index < -0.39 is 0 Å². The molecule has 0 radical (unpaired) electrons. The van der Waals surface area contributed by atoms with E-state index >= 15 is 0 Å². The Morgan fingerprint density at radius 1 is 1.36 bits per heavy atom. The van der Waals surface area contributed by atoms with Crippen LogP contribution >= 0.6 is 0 Å². The zero-order valence-corrected chi connectivity index (χ0v) is 6.71. The monoisotopic (exact) mass is 154 g/mol. The second kappa shape index (κ2) is 5.68. The predicted molar refractivity (Wildman–Crippen MR) is 45.8 cm³/mol. The van der Waals surface area contributed by atoms with Crippen molar-refractivity contribution in [2.45, 2.75) is 12.8 Å². The highest BCUT2D eigenvalue weighted by atomic mass is 16.1. The van der Waals surface area contributed by atoms with E-state index in [-0.39, 0.29) is 0 Å². The number of carbonyl (C=O) groups is 1. The molecule has 0 spiro atoms. The van der Waals surface area contributed by atoms with Crippen LogP contribution in [0.5, 0.6) is 0 Å². The van der Waals surface area contributed by atoms with Crippen molar-refractivity contribution in [2.24, 2.45) is 11.5 Å². The molecule has 0 saturated heterocycles. The van der Waals surface area contributed by atoms with Crippen LogP contribution in [-0.4, -0.2) is 13.3 Å². The fourth-order valence-electron chi connectivity index (χ4n) is 0.830. The van der Waals surface area contributed by atoms with Gasteiger partial charge in [0.05, 0.1) is 0 Å². The fraction of sp³-hybridized carbons (Fsp3) is 0.375. The van der Waals surface area contributed by atoms with Crippen molar-refractivity contribution >= 4 is 6.29 Å². The molecule has 3 heteroatoms. The smallest absolute Gasteiger partial charge is 0.151 e. The van der Waals surface area contributed by atoms with Gasteiger partial charge in [-0.1, -0.05) is 12.2 Å². The summed E-state index contributed by atoms with van der Waals surface area (Å²) in [6.07, 6.45) is 6.44. The first-order valence-electron chi connectivity index (χ1n) is 3.53. The van der Waals surface area contributed by atoms with Crippen molar-refractivity contribution in [1.82, 2.24) is 0 Å². The van der Waals surface area contributed by atoms with Crippen molar-refractivity contribution < 1.29 is 4.79 Å². The maximum Gasteiger partial charge on any atom is 0.151 e. The molecule has 62 valence electrons. The Hall–Kier alpha value is -1.09. The Bertz CT molecular complexity index is 183. The van der Waals surface area contributed by atoms with Gasteiger partial charge in [-0.25, -0.2) is 0 Å². The van der Waals surface area contributed by atoms with Gasteiger partial charge < -0.3 is 11.5 Å². The van der Waals surface area contributed by atoms with Crippen LogP contribution in [0.1, 0.15) is 12.8 Å². The summed E-state index contributed by atoms with van der Waals surface area (Å²) in [5.74, 6) is 0. The van der Waals surface area contributed by atoms with Crippen LogP contribution in [0.15, 0.2) is 23.4 Å². The molecule has 0 aliphatic heterocycles. The van der Waals surface area contributed by atoms with E-state index in [4.69, 9.17) is 5.73 Å². The summed E-state index contributed by atoms with van der Waals surface area (Å²) in [5.41, 5.74) is 11.2. The van der Waals surface area contributed by atoms with Gasteiger partial charge in [0.1, 0.15) is 0 Å². The minimum Gasteiger partial charge on any atom is -0.398 e. The van der Waals surface area contributed by atoms with Gasteiger partial charge in [-0.2, -0.15) is 0 Å². The van der Waals surface area contributed by atoms with Gasteiger partial charge in [0.2, 0.25) is 0 Å². The molecule has 0 aromatic heterocycles. The number of allylic oxidation sites excluding steroid dienone is 3.